The van der Waals surface area contributed by atoms with Gasteiger partial charge in [-0.1, -0.05) is 24.6 Å². The molecule has 2 aromatic rings. The van der Waals surface area contributed by atoms with Crippen LogP contribution in [0.1, 0.15) is 24.2 Å². The maximum atomic E-state index is 6.04. The number of nitrogens with zero attached hydrogens (tertiary/aromatic N) is 1. The Bertz CT molecular complexity index is 605. The second kappa shape index (κ2) is 7.29. The fraction of sp³-hybridized carbons (Fsp3) is 0.312. The number of methoxy groups -OCH3 is 2. The first-order valence-electron chi connectivity index (χ1n) is 6.77. The topological polar surface area (TPSA) is 43.4 Å². The van der Waals surface area contributed by atoms with Gasteiger partial charge in [0.1, 0.15) is 17.2 Å². The summed E-state index contributed by atoms with van der Waals surface area (Å²) in [7, 11) is 3.27. The molecule has 112 valence electrons. The quantitative estimate of drug-likeness (QED) is 0.887. The molecule has 1 unspecified atom stereocenters. The van der Waals surface area contributed by atoms with E-state index in [4.69, 9.17) is 21.1 Å². The van der Waals surface area contributed by atoms with Gasteiger partial charge in [-0.25, -0.2) is 0 Å². The lowest BCUT2D eigenvalue weighted by molar-refractivity contribution is 0.391. The maximum absolute atomic E-state index is 6.04. The van der Waals surface area contributed by atoms with Gasteiger partial charge in [0.25, 0.3) is 0 Å². The van der Waals surface area contributed by atoms with Crippen LogP contribution >= 0.6 is 11.6 Å². The smallest absolute Gasteiger partial charge is 0.142 e. The first-order chi connectivity index (χ1) is 10.2. The van der Waals surface area contributed by atoms with E-state index >= 15 is 0 Å². The van der Waals surface area contributed by atoms with Gasteiger partial charge in [-0.15, -0.1) is 0 Å². The Morgan fingerprint density at radius 2 is 1.95 bits per heavy atom. The summed E-state index contributed by atoms with van der Waals surface area (Å²) in [6, 6.07) is 9.22. The molecule has 0 fully saturated rings. The van der Waals surface area contributed by atoms with Crippen molar-refractivity contribution in [2.24, 2.45) is 0 Å². The van der Waals surface area contributed by atoms with E-state index in [2.05, 4.69) is 10.3 Å². The Balaban J connectivity index is 2.53. The zero-order valence-corrected chi connectivity index (χ0v) is 13.1. The molecular formula is C16H19ClN2O2. The minimum Gasteiger partial charge on any atom is -0.496 e. The van der Waals surface area contributed by atoms with Crippen molar-refractivity contribution < 1.29 is 9.47 Å². The Labute approximate surface area is 130 Å². The molecule has 0 amide bonds. The number of pyridine rings is 1. The number of halogens is 1. The van der Waals surface area contributed by atoms with E-state index in [-0.39, 0.29) is 6.04 Å². The molecule has 0 aliphatic rings. The molecular weight excluding hydrogens is 288 g/mol. The van der Waals surface area contributed by atoms with E-state index < -0.39 is 0 Å². The first kappa shape index (κ1) is 15.6. The summed E-state index contributed by atoms with van der Waals surface area (Å²) < 4.78 is 10.9. The largest absolute Gasteiger partial charge is 0.496 e. The zero-order chi connectivity index (χ0) is 15.2. The third-order valence-corrected chi connectivity index (χ3v) is 3.44. The van der Waals surface area contributed by atoms with Crippen LogP contribution in [-0.4, -0.2) is 25.7 Å². The first-order valence-corrected chi connectivity index (χ1v) is 7.14. The summed E-state index contributed by atoms with van der Waals surface area (Å²) in [6.07, 6.45) is 1.75. The van der Waals surface area contributed by atoms with Crippen LogP contribution in [0.2, 0.25) is 5.02 Å². The molecule has 4 nitrogen and oxygen atoms in total. The van der Waals surface area contributed by atoms with Gasteiger partial charge in [-0.05, 0) is 30.8 Å². The van der Waals surface area contributed by atoms with Crippen LogP contribution in [-0.2, 0) is 0 Å². The fourth-order valence-corrected chi connectivity index (χ4v) is 2.44. The predicted octanol–water partition coefficient (Wildman–Crippen LogP) is 3.45. The van der Waals surface area contributed by atoms with Gasteiger partial charge in [0.2, 0.25) is 0 Å². The summed E-state index contributed by atoms with van der Waals surface area (Å²) in [5.74, 6) is 1.46. The van der Waals surface area contributed by atoms with Crippen molar-refractivity contribution in [3.05, 3.63) is 52.8 Å². The molecule has 0 aliphatic carbocycles. The van der Waals surface area contributed by atoms with E-state index in [0.717, 1.165) is 29.3 Å². The molecule has 1 aromatic heterocycles. The van der Waals surface area contributed by atoms with Crippen molar-refractivity contribution in [2.75, 3.05) is 20.8 Å². The molecule has 0 aliphatic heterocycles. The molecule has 0 bridgehead atoms. The average molecular weight is 307 g/mol. The maximum Gasteiger partial charge on any atom is 0.142 e. The predicted molar refractivity (Wildman–Crippen MR) is 84.3 cm³/mol. The lowest BCUT2D eigenvalue weighted by Gasteiger charge is -2.22. The Morgan fingerprint density at radius 1 is 1.19 bits per heavy atom. The van der Waals surface area contributed by atoms with Crippen LogP contribution in [0.3, 0.4) is 0 Å². The lowest BCUT2D eigenvalue weighted by atomic mass is 10.0. The Kier molecular flexibility index (Phi) is 5.42. The van der Waals surface area contributed by atoms with Crippen molar-refractivity contribution in [3.63, 3.8) is 0 Å². The number of ether oxygens (including phenoxy) is 2. The molecule has 5 heteroatoms. The summed E-state index contributed by atoms with van der Waals surface area (Å²) >= 11 is 6.04. The number of aromatic nitrogens is 1. The lowest BCUT2D eigenvalue weighted by Crippen LogP contribution is -2.24. The SMILES string of the molecule is CCNC(c1ccc(Cl)cc1OC)c1ncccc1OC. The van der Waals surface area contributed by atoms with Crippen molar-refractivity contribution in [3.8, 4) is 11.5 Å². The molecule has 0 saturated heterocycles. The Hall–Kier alpha value is -1.78. The molecule has 1 N–H and O–H groups in total. The van der Waals surface area contributed by atoms with Crippen molar-refractivity contribution in [1.29, 1.82) is 0 Å². The van der Waals surface area contributed by atoms with Gasteiger partial charge >= 0.3 is 0 Å². The van der Waals surface area contributed by atoms with Gasteiger partial charge in [0.15, 0.2) is 0 Å². The van der Waals surface area contributed by atoms with Gasteiger partial charge < -0.3 is 14.8 Å². The van der Waals surface area contributed by atoms with E-state index in [1.54, 1.807) is 26.5 Å². The highest BCUT2D eigenvalue weighted by Crippen LogP contribution is 2.34. The van der Waals surface area contributed by atoms with E-state index in [1.807, 2.05) is 31.2 Å². The number of rotatable bonds is 6. The normalized spacial score (nSPS) is 12.0. The monoisotopic (exact) mass is 306 g/mol. The molecule has 0 saturated carbocycles. The fourth-order valence-electron chi connectivity index (χ4n) is 2.27. The third-order valence-electron chi connectivity index (χ3n) is 3.21. The van der Waals surface area contributed by atoms with Crippen LogP contribution in [0.4, 0.5) is 0 Å². The van der Waals surface area contributed by atoms with Crippen molar-refractivity contribution >= 4 is 11.6 Å². The van der Waals surface area contributed by atoms with Crippen LogP contribution in [0.25, 0.3) is 0 Å². The van der Waals surface area contributed by atoms with Gasteiger partial charge in [0.05, 0.1) is 20.3 Å². The van der Waals surface area contributed by atoms with Crippen LogP contribution in [0, 0.1) is 0 Å². The number of hydrogen-bond donors (Lipinski definition) is 1. The van der Waals surface area contributed by atoms with Crippen LogP contribution in [0.5, 0.6) is 11.5 Å². The van der Waals surface area contributed by atoms with Crippen molar-refractivity contribution in [2.45, 2.75) is 13.0 Å². The number of nitrogens with one attached hydrogen (secondary N) is 1. The van der Waals surface area contributed by atoms with Crippen molar-refractivity contribution in [1.82, 2.24) is 10.3 Å². The van der Waals surface area contributed by atoms with Gasteiger partial charge in [-0.3, -0.25) is 4.98 Å². The van der Waals surface area contributed by atoms with Crippen LogP contribution < -0.4 is 14.8 Å². The van der Waals surface area contributed by atoms with Gasteiger partial charge in [0, 0.05) is 16.8 Å². The molecule has 1 atom stereocenters. The van der Waals surface area contributed by atoms with E-state index in [0.29, 0.717) is 5.02 Å². The minimum absolute atomic E-state index is 0.127. The highest BCUT2D eigenvalue weighted by molar-refractivity contribution is 6.30. The summed E-state index contributed by atoms with van der Waals surface area (Å²) in [5.41, 5.74) is 1.79. The van der Waals surface area contributed by atoms with E-state index in [9.17, 15) is 0 Å². The summed E-state index contributed by atoms with van der Waals surface area (Å²) in [5, 5.41) is 4.06. The highest BCUT2D eigenvalue weighted by Gasteiger charge is 2.22. The summed E-state index contributed by atoms with van der Waals surface area (Å²) in [6.45, 7) is 2.83. The number of hydrogen-bond acceptors (Lipinski definition) is 4. The second-order valence-electron chi connectivity index (χ2n) is 4.47. The van der Waals surface area contributed by atoms with E-state index in [1.165, 1.54) is 0 Å². The molecule has 1 aromatic carbocycles. The highest BCUT2D eigenvalue weighted by atomic mass is 35.5. The molecule has 21 heavy (non-hydrogen) atoms. The molecule has 0 spiro atoms. The van der Waals surface area contributed by atoms with Gasteiger partial charge in [-0.2, -0.15) is 0 Å². The Morgan fingerprint density at radius 3 is 2.62 bits per heavy atom. The number of benzene rings is 1. The second-order valence-corrected chi connectivity index (χ2v) is 4.90. The summed E-state index contributed by atoms with van der Waals surface area (Å²) in [4.78, 5) is 4.47. The zero-order valence-electron chi connectivity index (χ0n) is 12.4. The molecule has 1 heterocycles. The van der Waals surface area contributed by atoms with Crippen LogP contribution in [0.15, 0.2) is 36.5 Å². The molecule has 0 radical (unpaired) electrons. The standard InChI is InChI=1S/C16H19ClN2O2/c1-4-18-15(16-13(20-2)6-5-9-19-16)12-8-7-11(17)10-14(12)21-3/h5-10,15,18H,4H2,1-3H3. The minimum atomic E-state index is -0.127. The average Bonchev–Trinajstić information content (AvgIpc) is 2.53. The third kappa shape index (κ3) is 3.46. The molecule has 2 rings (SSSR count).